The Labute approximate surface area is 110 Å². The number of ether oxygens (including phenoxy) is 1. The molecule has 0 aliphatic rings. The van der Waals surface area contributed by atoms with Crippen LogP contribution in [0.3, 0.4) is 0 Å². The van der Waals surface area contributed by atoms with E-state index in [0.717, 1.165) is 5.56 Å². The predicted molar refractivity (Wildman–Crippen MR) is 71.3 cm³/mol. The molecule has 6 heteroatoms. The normalized spacial score (nSPS) is 10.5. The van der Waals surface area contributed by atoms with Crippen LogP contribution in [-0.4, -0.2) is 28.0 Å². The van der Waals surface area contributed by atoms with Crippen molar-refractivity contribution in [3.05, 3.63) is 29.5 Å². The van der Waals surface area contributed by atoms with Crippen LogP contribution in [-0.2, 0) is 7.05 Å². The standard InChI is InChI=1S/C13H15N3O3/c1-7-4-5-9(19-3)8(6-7)10-11(13(17)18)15-16(2)12(10)14/h4-6H,14H2,1-3H3,(H,17,18). The van der Waals surface area contributed by atoms with Gasteiger partial charge in [-0.2, -0.15) is 5.10 Å². The zero-order valence-electron chi connectivity index (χ0n) is 11.0. The molecular formula is C13H15N3O3. The first-order chi connectivity index (χ1) is 8.95. The monoisotopic (exact) mass is 261 g/mol. The number of nitrogen functional groups attached to an aromatic ring is 1. The lowest BCUT2D eigenvalue weighted by Crippen LogP contribution is -2.01. The van der Waals surface area contributed by atoms with Gasteiger partial charge in [0.15, 0.2) is 5.69 Å². The number of nitrogens with zero attached hydrogens (tertiary/aromatic N) is 2. The van der Waals surface area contributed by atoms with Gasteiger partial charge in [0, 0.05) is 12.6 Å². The van der Waals surface area contributed by atoms with E-state index in [4.69, 9.17) is 10.5 Å². The van der Waals surface area contributed by atoms with Gasteiger partial charge in [0.2, 0.25) is 0 Å². The van der Waals surface area contributed by atoms with Crippen molar-refractivity contribution in [2.45, 2.75) is 6.92 Å². The lowest BCUT2D eigenvalue weighted by atomic mass is 10.0. The lowest BCUT2D eigenvalue weighted by Gasteiger charge is -2.09. The molecule has 3 N–H and O–H groups in total. The van der Waals surface area contributed by atoms with Gasteiger partial charge in [-0.05, 0) is 19.1 Å². The number of aromatic carboxylic acids is 1. The van der Waals surface area contributed by atoms with Crippen LogP contribution in [0.5, 0.6) is 5.75 Å². The second kappa shape index (κ2) is 4.64. The van der Waals surface area contributed by atoms with E-state index in [-0.39, 0.29) is 5.69 Å². The van der Waals surface area contributed by atoms with Crippen molar-refractivity contribution in [3.63, 3.8) is 0 Å². The highest BCUT2D eigenvalue weighted by molar-refractivity contribution is 5.98. The number of benzene rings is 1. The molecule has 1 aromatic carbocycles. The first kappa shape index (κ1) is 12.9. The Bertz CT molecular complexity index is 647. The molecule has 0 bridgehead atoms. The number of nitrogens with two attached hydrogens (primary N) is 1. The topological polar surface area (TPSA) is 90.4 Å². The Morgan fingerprint density at radius 2 is 2.16 bits per heavy atom. The molecule has 2 aromatic rings. The summed E-state index contributed by atoms with van der Waals surface area (Å²) in [4.78, 5) is 11.3. The third-order valence-corrected chi connectivity index (χ3v) is 2.92. The van der Waals surface area contributed by atoms with Crippen LogP contribution in [0.25, 0.3) is 11.1 Å². The Hall–Kier alpha value is -2.50. The molecule has 0 atom stereocenters. The summed E-state index contributed by atoms with van der Waals surface area (Å²) in [5.41, 5.74) is 7.85. The summed E-state index contributed by atoms with van der Waals surface area (Å²) < 4.78 is 6.62. The maximum atomic E-state index is 11.3. The fourth-order valence-corrected chi connectivity index (χ4v) is 1.97. The lowest BCUT2D eigenvalue weighted by molar-refractivity contribution is 0.0690. The molecule has 0 fully saturated rings. The molecular weight excluding hydrogens is 246 g/mol. The average molecular weight is 261 g/mol. The van der Waals surface area contributed by atoms with Gasteiger partial charge in [-0.25, -0.2) is 4.79 Å². The predicted octanol–water partition coefficient (Wildman–Crippen LogP) is 1.68. The molecule has 100 valence electrons. The van der Waals surface area contributed by atoms with Crippen molar-refractivity contribution in [3.8, 4) is 16.9 Å². The molecule has 1 aromatic heterocycles. The number of aryl methyl sites for hydroxylation is 2. The van der Waals surface area contributed by atoms with Crippen molar-refractivity contribution in [1.82, 2.24) is 9.78 Å². The number of methoxy groups -OCH3 is 1. The highest BCUT2D eigenvalue weighted by Gasteiger charge is 2.23. The third-order valence-electron chi connectivity index (χ3n) is 2.92. The maximum absolute atomic E-state index is 11.3. The number of rotatable bonds is 3. The number of carboxylic acids is 1. The second-order valence-corrected chi connectivity index (χ2v) is 4.24. The molecule has 0 aliphatic heterocycles. The number of carboxylic acid groups (broad SMARTS) is 1. The van der Waals surface area contributed by atoms with E-state index in [9.17, 15) is 9.90 Å². The summed E-state index contributed by atoms with van der Waals surface area (Å²) >= 11 is 0. The molecule has 2 rings (SSSR count). The van der Waals surface area contributed by atoms with Crippen LogP contribution < -0.4 is 10.5 Å². The Kier molecular flexibility index (Phi) is 3.16. The number of hydrogen-bond acceptors (Lipinski definition) is 4. The minimum Gasteiger partial charge on any atom is -0.496 e. The largest absolute Gasteiger partial charge is 0.496 e. The first-order valence-corrected chi connectivity index (χ1v) is 5.66. The van der Waals surface area contributed by atoms with Crippen LogP contribution >= 0.6 is 0 Å². The number of anilines is 1. The van der Waals surface area contributed by atoms with E-state index in [2.05, 4.69) is 5.10 Å². The number of carbonyl (C=O) groups is 1. The molecule has 1 heterocycles. The van der Waals surface area contributed by atoms with Crippen LogP contribution in [0.4, 0.5) is 5.82 Å². The minimum atomic E-state index is -1.12. The van der Waals surface area contributed by atoms with E-state index >= 15 is 0 Å². The fraction of sp³-hybridized carbons (Fsp3) is 0.231. The van der Waals surface area contributed by atoms with E-state index in [1.54, 1.807) is 13.1 Å². The molecule has 0 spiro atoms. The van der Waals surface area contributed by atoms with Crippen molar-refractivity contribution < 1.29 is 14.6 Å². The Morgan fingerprint density at radius 3 is 2.74 bits per heavy atom. The Morgan fingerprint density at radius 1 is 1.47 bits per heavy atom. The molecule has 0 aliphatic carbocycles. The summed E-state index contributed by atoms with van der Waals surface area (Å²) in [7, 11) is 3.13. The number of aromatic nitrogens is 2. The van der Waals surface area contributed by atoms with Gasteiger partial charge in [-0.3, -0.25) is 4.68 Å². The second-order valence-electron chi connectivity index (χ2n) is 4.24. The van der Waals surface area contributed by atoms with Gasteiger partial charge in [0.05, 0.1) is 12.7 Å². The zero-order valence-corrected chi connectivity index (χ0v) is 11.0. The van der Waals surface area contributed by atoms with Crippen molar-refractivity contribution in [1.29, 1.82) is 0 Å². The van der Waals surface area contributed by atoms with E-state index in [1.807, 2.05) is 19.1 Å². The highest BCUT2D eigenvalue weighted by Crippen LogP contribution is 2.36. The summed E-state index contributed by atoms with van der Waals surface area (Å²) in [5, 5.41) is 13.2. The van der Waals surface area contributed by atoms with Crippen molar-refractivity contribution >= 4 is 11.8 Å². The van der Waals surface area contributed by atoms with Crippen LogP contribution in [0, 0.1) is 6.92 Å². The van der Waals surface area contributed by atoms with Crippen LogP contribution in [0.1, 0.15) is 16.1 Å². The SMILES string of the molecule is COc1ccc(C)cc1-c1c(C(=O)O)nn(C)c1N. The summed E-state index contributed by atoms with van der Waals surface area (Å²) in [6, 6.07) is 5.50. The number of hydrogen-bond donors (Lipinski definition) is 2. The summed E-state index contributed by atoms with van der Waals surface area (Å²) in [5.74, 6) is -0.264. The van der Waals surface area contributed by atoms with Crippen molar-refractivity contribution in [2.24, 2.45) is 7.05 Å². The van der Waals surface area contributed by atoms with E-state index < -0.39 is 5.97 Å². The van der Waals surface area contributed by atoms with Crippen LogP contribution in [0.2, 0.25) is 0 Å². The van der Waals surface area contributed by atoms with Crippen LogP contribution in [0.15, 0.2) is 18.2 Å². The summed E-state index contributed by atoms with van der Waals surface area (Å²) in [6.07, 6.45) is 0. The molecule has 0 amide bonds. The van der Waals surface area contributed by atoms with E-state index in [0.29, 0.717) is 22.7 Å². The Balaban J connectivity index is 2.78. The average Bonchev–Trinajstić information content (AvgIpc) is 2.66. The molecule has 0 saturated heterocycles. The van der Waals surface area contributed by atoms with Gasteiger partial charge in [0.1, 0.15) is 11.6 Å². The van der Waals surface area contributed by atoms with Gasteiger partial charge >= 0.3 is 5.97 Å². The molecule has 0 radical (unpaired) electrons. The molecule has 0 unspecified atom stereocenters. The van der Waals surface area contributed by atoms with Gasteiger partial charge in [-0.15, -0.1) is 0 Å². The first-order valence-electron chi connectivity index (χ1n) is 5.66. The summed E-state index contributed by atoms with van der Waals surface area (Å²) in [6.45, 7) is 1.91. The van der Waals surface area contributed by atoms with Gasteiger partial charge in [0.25, 0.3) is 0 Å². The highest BCUT2D eigenvalue weighted by atomic mass is 16.5. The molecule has 19 heavy (non-hydrogen) atoms. The molecule has 6 nitrogen and oxygen atoms in total. The van der Waals surface area contributed by atoms with Gasteiger partial charge in [-0.1, -0.05) is 11.6 Å². The smallest absolute Gasteiger partial charge is 0.357 e. The fourth-order valence-electron chi connectivity index (χ4n) is 1.97. The third kappa shape index (κ3) is 2.12. The zero-order chi connectivity index (χ0) is 14.2. The van der Waals surface area contributed by atoms with Crippen molar-refractivity contribution in [2.75, 3.05) is 12.8 Å². The maximum Gasteiger partial charge on any atom is 0.357 e. The minimum absolute atomic E-state index is 0.0797. The van der Waals surface area contributed by atoms with Gasteiger partial charge < -0.3 is 15.6 Å². The molecule has 0 saturated carbocycles. The van der Waals surface area contributed by atoms with E-state index in [1.165, 1.54) is 11.8 Å². The quantitative estimate of drug-likeness (QED) is 0.877.